The van der Waals surface area contributed by atoms with Crippen LogP contribution in [0.2, 0.25) is 0 Å². The Morgan fingerprint density at radius 3 is 2.46 bits per heavy atom. The van der Waals surface area contributed by atoms with Crippen LogP contribution in [0.1, 0.15) is 13.3 Å². The van der Waals surface area contributed by atoms with Gasteiger partial charge in [-0.1, -0.05) is 12.1 Å². The van der Waals surface area contributed by atoms with Crippen molar-refractivity contribution in [1.29, 1.82) is 0 Å². The van der Waals surface area contributed by atoms with Gasteiger partial charge in [-0.25, -0.2) is 4.39 Å². The summed E-state index contributed by atoms with van der Waals surface area (Å²) < 4.78 is 18.5. The second kappa shape index (κ2) is 9.32. The fourth-order valence-electron chi connectivity index (χ4n) is 3.17. The van der Waals surface area contributed by atoms with Crippen molar-refractivity contribution >= 4 is 28.9 Å². The predicted molar refractivity (Wildman–Crippen MR) is 107 cm³/mol. The molecule has 0 aromatic heterocycles. The van der Waals surface area contributed by atoms with E-state index < -0.39 is 0 Å². The van der Waals surface area contributed by atoms with E-state index in [9.17, 15) is 14.0 Å². The number of carbonyl (C=O) groups is 2. The van der Waals surface area contributed by atoms with Crippen LogP contribution < -0.4 is 15.1 Å². The van der Waals surface area contributed by atoms with E-state index in [-0.39, 0.29) is 30.6 Å². The highest BCUT2D eigenvalue weighted by molar-refractivity contribution is 5.96. The van der Waals surface area contributed by atoms with Crippen molar-refractivity contribution in [2.75, 3.05) is 48.0 Å². The van der Waals surface area contributed by atoms with Crippen LogP contribution >= 0.6 is 0 Å². The summed E-state index contributed by atoms with van der Waals surface area (Å²) in [5.74, 6) is -0.757. The van der Waals surface area contributed by atoms with Crippen molar-refractivity contribution in [3.8, 4) is 0 Å². The summed E-state index contributed by atoms with van der Waals surface area (Å²) in [4.78, 5) is 28.1. The Balaban J connectivity index is 1.63. The molecule has 2 aromatic carbocycles. The molecule has 0 bridgehead atoms. The molecule has 3 rings (SSSR count). The molecule has 0 aliphatic carbocycles. The van der Waals surface area contributed by atoms with Gasteiger partial charge in [0.25, 0.3) is 0 Å². The van der Waals surface area contributed by atoms with Gasteiger partial charge >= 0.3 is 0 Å². The highest BCUT2D eigenvalue weighted by Crippen LogP contribution is 2.26. The maximum Gasteiger partial charge on any atom is 0.226 e. The van der Waals surface area contributed by atoms with Gasteiger partial charge in [-0.15, -0.1) is 0 Å². The first-order valence-corrected chi connectivity index (χ1v) is 9.30. The second-order valence-electron chi connectivity index (χ2n) is 6.56. The number of ether oxygens (including phenoxy) is 1. The lowest BCUT2D eigenvalue weighted by atomic mass is 10.2. The number of para-hydroxylation sites is 2. The number of hydrogen-bond acceptors (Lipinski definition) is 4. The maximum atomic E-state index is 13.1. The number of halogens is 1. The molecule has 0 radical (unpaired) electrons. The first-order valence-electron chi connectivity index (χ1n) is 9.30. The van der Waals surface area contributed by atoms with Crippen LogP contribution in [0.4, 0.5) is 21.5 Å². The van der Waals surface area contributed by atoms with Gasteiger partial charge in [0.2, 0.25) is 11.8 Å². The van der Waals surface area contributed by atoms with Gasteiger partial charge in [-0.05, 0) is 36.4 Å². The summed E-state index contributed by atoms with van der Waals surface area (Å²) in [5.41, 5.74) is 2.27. The summed E-state index contributed by atoms with van der Waals surface area (Å²) in [6.07, 6.45) is 0.133. The molecule has 0 unspecified atom stereocenters. The average Bonchev–Trinajstić information content (AvgIpc) is 2.70. The number of anilines is 3. The third kappa shape index (κ3) is 5.07. The Labute approximate surface area is 163 Å². The van der Waals surface area contributed by atoms with E-state index in [1.807, 2.05) is 24.3 Å². The van der Waals surface area contributed by atoms with Crippen LogP contribution in [-0.4, -0.2) is 44.7 Å². The molecule has 1 saturated heterocycles. The Hall–Kier alpha value is -2.93. The maximum absolute atomic E-state index is 13.1. The van der Waals surface area contributed by atoms with Gasteiger partial charge in [-0.3, -0.25) is 9.59 Å². The van der Waals surface area contributed by atoms with Crippen LogP contribution in [-0.2, 0) is 14.3 Å². The van der Waals surface area contributed by atoms with Crippen LogP contribution in [0.3, 0.4) is 0 Å². The largest absolute Gasteiger partial charge is 0.378 e. The minimum absolute atomic E-state index is 0.133. The fourth-order valence-corrected chi connectivity index (χ4v) is 3.17. The number of rotatable bonds is 6. The molecule has 6 nitrogen and oxygen atoms in total. The molecular weight excluding hydrogens is 361 g/mol. The van der Waals surface area contributed by atoms with Crippen molar-refractivity contribution in [2.45, 2.75) is 13.3 Å². The van der Waals surface area contributed by atoms with Gasteiger partial charge in [0.05, 0.1) is 24.6 Å². The SMILES string of the molecule is CC(=O)N(CCC(=O)Nc1ccccc1N1CCOCC1)c1ccc(F)cc1. The van der Waals surface area contributed by atoms with E-state index in [4.69, 9.17) is 4.74 Å². The second-order valence-corrected chi connectivity index (χ2v) is 6.56. The number of nitrogens with one attached hydrogen (secondary N) is 1. The highest BCUT2D eigenvalue weighted by Gasteiger charge is 2.17. The van der Waals surface area contributed by atoms with Crippen LogP contribution in [0, 0.1) is 5.82 Å². The summed E-state index contributed by atoms with van der Waals surface area (Å²) in [6.45, 7) is 4.51. The van der Waals surface area contributed by atoms with Gasteiger partial charge in [-0.2, -0.15) is 0 Å². The molecule has 1 aliphatic heterocycles. The Kier molecular flexibility index (Phi) is 6.60. The lowest BCUT2D eigenvalue weighted by Gasteiger charge is -2.30. The van der Waals surface area contributed by atoms with Crippen LogP contribution in [0.5, 0.6) is 0 Å². The molecule has 28 heavy (non-hydrogen) atoms. The zero-order valence-corrected chi connectivity index (χ0v) is 15.9. The van der Waals surface area contributed by atoms with Gasteiger partial charge in [0, 0.05) is 38.7 Å². The van der Waals surface area contributed by atoms with E-state index in [1.165, 1.54) is 36.1 Å². The van der Waals surface area contributed by atoms with Crippen molar-refractivity contribution in [3.63, 3.8) is 0 Å². The first-order chi connectivity index (χ1) is 13.5. The number of benzene rings is 2. The van der Waals surface area contributed by atoms with E-state index in [1.54, 1.807) is 0 Å². The molecule has 1 aliphatic rings. The summed E-state index contributed by atoms with van der Waals surface area (Å²) >= 11 is 0. The number of carbonyl (C=O) groups excluding carboxylic acids is 2. The summed E-state index contributed by atoms with van der Waals surface area (Å²) in [7, 11) is 0. The molecule has 148 valence electrons. The third-order valence-electron chi connectivity index (χ3n) is 4.61. The smallest absolute Gasteiger partial charge is 0.226 e. The van der Waals surface area contributed by atoms with E-state index >= 15 is 0 Å². The molecular formula is C21H24FN3O3. The van der Waals surface area contributed by atoms with Crippen molar-refractivity contribution < 1.29 is 18.7 Å². The highest BCUT2D eigenvalue weighted by atomic mass is 19.1. The minimum Gasteiger partial charge on any atom is -0.378 e. The Morgan fingerprint density at radius 2 is 1.79 bits per heavy atom. The molecule has 0 atom stereocenters. The minimum atomic E-state index is -0.371. The van der Waals surface area contributed by atoms with Crippen molar-refractivity contribution in [1.82, 2.24) is 0 Å². The standard InChI is InChI=1S/C21H24FN3O3/c1-16(26)25(18-8-6-17(22)7-9-18)11-10-21(27)23-19-4-2-3-5-20(19)24-12-14-28-15-13-24/h2-9H,10-15H2,1H3,(H,23,27). The monoisotopic (exact) mass is 385 g/mol. The lowest BCUT2D eigenvalue weighted by Crippen LogP contribution is -2.37. The van der Waals surface area contributed by atoms with E-state index in [2.05, 4.69) is 10.2 Å². The molecule has 2 amide bonds. The van der Waals surface area contributed by atoms with E-state index in [0.29, 0.717) is 18.9 Å². The Bertz CT molecular complexity index is 820. The number of hydrogen-bond donors (Lipinski definition) is 1. The summed E-state index contributed by atoms with van der Waals surface area (Å²) in [6, 6.07) is 13.3. The molecule has 0 saturated carbocycles. The normalized spacial score (nSPS) is 13.9. The zero-order chi connectivity index (χ0) is 19.9. The molecule has 1 fully saturated rings. The van der Waals surface area contributed by atoms with E-state index in [0.717, 1.165) is 24.5 Å². The third-order valence-corrected chi connectivity index (χ3v) is 4.61. The molecule has 1 N–H and O–H groups in total. The zero-order valence-electron chi connectivity index (χ0n) is 15.9. The molecule has 7 heteroatoms. The first kappa shape index (κ1) is 19.8. The molecule has 2 aromatic rings. The molecule has 1 heterocycles. The van der Waals surface area contributed by atoms with Crippen LogP contribution in [0.25, 0.3) is 0 Å². The van der Waals surface area contributed by atoms with Crippen molar-refractivity contribution in [2.24, 2.45) is 0 Å². The number of amides is 2. The number of nitrogens with zero attached hydrogens (tertiary/aromatic N) is 2. The van der Waals surface area contributed by atoms with Crippen molar-refractivity contribution in [3.05, 3.63) is 54.3 Å². The summed E-state index contributed by atoms with van der Waals surface area (Å²) in [5, 5.41) is 2.94. The Morgan fingerprint density at radius 1 is 1.11 bits per heavy atom. The number of morpholine rings is 1. The van der Waals surface area contributed by atoms with Gasteiger partial charge in [0.1, 0.15) is 5.82 Å². The predicted octanol–water partition coefficient (Wildman–Crippen LogP) is 3.04. The molecule has 0 spiro atoms. The van der Waals surface area contributed by atoms with Crippen LogP contribution in [0.15, 0.2) is 48.5 Å². The quantitative estimate of drug-likeness (QED) is 0.830. The lowest BCUT2D eigenvalue weighted by molar-refractivity contribution is -0.117. The average molecular weight is 385 g/mol. The fraction of sp³-hybridized carbons (Fsp3) is 0.333. The van der Waals surface area contributed by atoms with Gasteiger partial charge < -0.3 is 19.9 Å². The van der Waals surface area contributed by atoms with Gasteiger partial charge in [0.15, 0.2) is 0 Å². The topological polar surface area (TPSA) is 61.9 Å².